The number of nitrogens with zero attached hydrogens (tertiary/aromatic N) is 1. The van der Waals surface area contributed by atoms with Crippen molar-refractivity contribution in [2.24, 2.45) is 28.6 Å². The van der Waals surface area contributed by atoms with Crippen LogP contribution >= 0.6 is 0 Å². The van der Waals surface area contributed by atoms with Gasteiger partial charge in [-0.05, 0) is 84.3 Å². The number of aromatic nitrogens is 1. The van der Waals surface area contributed by atoms with E-state index in [1.165, 1.54) is 18.9 Å². The molecule has 0 saturated heterocycles. The number of fused-ring (bicyclic) bond motifs is 5. The van der Waals surface area contributed by atoms with E-state index in [1.54, 1.807) is 6.20 Å². The quantitative estimate of drug-likeness (QED) is 0.459. The molecule has 5 rings (SSSR count). The number of carbonyl (C=O) groups excluding carboxylic acids is 1. The molecule has 0 bridgehead atoms. The zero-order valence-electron chi connectivity index (χ0n) is 19.8. The fourth-order valence-corrected chi connectivity index (χ4v) is 7.28. The van der Waals surface area contributed by atoms with Gasteiger partial charge in [0.05, 0.1) is 2.74 Å². The number of hydrogen-bond donors (Lipinski definition) is 0. The molecule has 0 spiro atoms. The van der Waals surface area contributed by atoms with E-state index < -0.39 is 0 Å². The molecular formula is C26H33NO2. The fraction of sp³-hybridized carbons (Fsp3) is 0.615. The van der Waals surface area contributed by atoms with Crippen LogP contribution in [-0.4, -0.2) is 17.1 Å². The molecule has 0 aliphatic heterocycles. The molecule has 6 atom stereocenters. The van der Waals surface area contributed by atoms with Gasteiger partial charge in [-0.1, -0.05) is 37.6 Å². The Morgan fingerprint density at radius 2 is 2.03 bits per heavy atom. The van der Waals surface area contributed by atoms with E-state index in [9.17, 15) is 4.79 Å². The number of allylic oxidation sites excluding steroid dienone is 3. The standard InChI is InChI=1S/C26H33NO2/c1-17(28)29-20-10-12-25(2)19(15-20)6-7-21-23-9-8-22(18-5-4-14-27-16-18)26(23,3)13-11-24(21)25/h4-6,8,14,16,20-21,23-24H,7,9-13,15H2,1-3H3/t20-,21?,23?,24?,25-,26+/m0/s1/i4D,8D. The summed E-state index contributed by atoms with van der Waals surface area (Å²) < 4.78 is 22.4. The minimum Gasteiger partial charge on any atom is -0.462 e. The van der Waals surface area contributed by atoms with E-state index in [0.29, 0.717) is 23.8 Å². The van der Waals surface area contributed by atoms with Crippen molar-refractivity contribution in [3.63, 3.8) is 0 Å². The second-order valence-corrected chi connectivity index (χ2v) is 10.1. The zero-order valence-corrected chi connectivity index (χ0v) is 17.8. The van der Waals surface area contributed by atoms with Gasteiger partial charge in [0.15, 0.2) is 0 Å². The molecule has 1 aromatic rings. The Bertz CT molecular complexity index is 985. The summed E-state index contributed by atoms with van der Waals surface area (Å²) in [6, 6.07) is 3.05. The Hall–Kier alpha value is -1.90. The van der Waals surface area contributed by atoms with Gasteiger partial charge in [0.2, 0.25) is 0 Å². The van der Waals surface area contributed by atoms with Crippen LogP contribution in [0.4, 0.5) is 0 Å². The molecular weight excluding hydrogens is 358 g/mol. The molecule has 2 saturated carbocycles. The lowest BCUT2D eigenvalue weighted by molar-refractivity contribution is -0.148. The van der Waals surface area contributed by atoms with Crippen molar-refractivity contribution < 1.29 is 12.3 Å². The van der Waals surface area contributed by atoms with Crippen LogP contribution in [0.2, 0.25) is 0 Å². The second-order valence-electron chi connectivity index (χ2n) is 10.1. The van der Waals surface area contributed by atoms with Crippen LogP contribution in [0.15, 0.2) is 42.2 Å². The second kappa shape index (κ2) is 6.82. The highest BCUT2D eigenvalue weighted by molar-refractivity contribution is 5.72. The summed E-state index contributed by atoms with van der Waals surface area (Å²) in [5.41, 5.74) is 3.79. The predicted molar refractivity (Wildman–Crippen MR) is 115 cm³/mol. The van der Waals surface area contributed by atoms with Crippen molar-refractivity contribution >= 4 is 11.5 Å². The summed E-state index contributed by atoms with van der Waals surface area (Å²) in [6.07, 6.45) is 13.0. The van der Waals surface area contributed by atoms with Crippen LogP contribution < -0.4 is 0 Å². The molecule has 1 aromatic heterocycles. The minimum atomic E-state index is -0.171. The number of pyridine rings is 1. The van der Waals surface area contributed by atoms with Crippen LogP contribution in [0, 0.1) is 28.6 Å². The predicted octanol–water partition coefficient (Wildman–Crippen LogP) is 5.97. The van der Waals surface area contributed by atoms with Crippen molar-refractivity contribution in [1.29, 1.82) is 0 Å². The van der Waals surface area contributed by atoms with Gasteiger partial charge >= 0.3 is 5.97 Å². The van der Waals surface area contributed by atoms with Crippen LogP contribution in [0.1, 0.15) is 74.0 Å². The number of esters is 1. The van der Waals surface area contributed by atoms with Gasteiger partial charge in [-0.25, -0.2) is 0 Å². The average molecular weight is 394 g/mol. The molecule has 0 radical (unpaired) electrons. The molecule has 29 heavy (non-hydrogen) atoms. The lowest BCUT2D eigenvalue weighted by Crippen LogP contribution is -2.50. The zero-order chi connectivity index (χ0) is 22.0. The molecule has 1 heterocycles. The minimum absolute atomic E-state index is 0.00955. The molecule has 2 fully saturated rings. The van der Waals surface area contributed by atoms with E-state index in [2.05, 4.69) is 24.9 Å². The molecule has 154 valence electrons. The number of ether oxygens (including phenoxy) is 1. The number of rotatable bonds is 2. The third-order valence-electron chi connectivity index (χ3n) is 8.74. The Labute approximate surface area is 177 Å². The van der Waals surface area contributed by atoms with E-state index in [-0.39, 0.29) is 22.9 Å². The Kier molecular flexibility index (Phi) is 3.96. The van der Waals surface area contributed by atoms with Crippen LogP contribution in [-0.2, 0) is 9.53 Å². The maximum Gasteiger partial charge on any atom is 0.302 e. The van der Waals surface area contributed by atoms with Crippen molar-refractivity contribution in [1.82, 2.24) is 4.98 Å². The van der Waals surface area contributed by atoms with Crippen molar-refractivity contribution in [2.45, 2.75) is 71.8 Å². The normalized spacial score (nSPS) is 42.1. The Morgan fingerprint density at radius 1 is 1.21 bits per heavy atom. The lowest BCUT2D eigenvalue weighted by atomic mass is 9.47. The third-order valence-corrected chi connectivity index (χ3v) is 8.74. The van der Waals surface area contributed by atoms with Gasteiger partial charge in [-0.15, -0.1) is 0 Å². The van der Waals surface area contributed by atoms with E-state index in [4.69, 9.17) is 7.48 Å². The van der Waals surface area contributed by atoms with Gasteiger partial charge in [-0.2, -0.15) is 0 Å². The highest BCUT2D eigenvalue weighted by atomic mass is 16.5. The van der Waals surface area contributed by atoms with Crippen molar-refractivity contribution in [3.05, 3.63) is 47.8 Å². The first kappa shape index (κ1) is 16.8. The fourth-order valence-electron chi connectivity index (χ4n) is 7.28. The highest BCUT2D eigenvalue weighted by Gasteiger charge is 2.56. The van der Waals surface area contributed by atoms with Gasteiger partial charge < -0.3 is 4.74 Å². The van der Waals surface area contributed by atoms with E-state index in [0.717, 1.165) is 55.7 Å². The van der Waals surface area contributed by atoms with Gasteiger partial charge in [0, 0.05) is 25.7 Å². The topological polar surface area (TPSA) is 39.2 Å². The summed E-state index contributed by atoms with van der Waals surface area (Å²) in [5, 5.41) is 0. The maximum atomic E-state index is 11.5. The van der Waals surface area contributed by atoms with Gasteiger partial charge in [-0.3, -0.25) is 9.78 Å². The first-order chi connectivity index (χ1) is 14.7. The smallest absolute Gasteiger partial charge is 0.302 e. The van der Waals surface area contributed by atoms with Crippen molar-refractivity contribution in [2.75, 3.05) is 0 Å². The molecule has 3 unspecified atom stereocenters. The first-order valence-corrected chi connectivity index (χ1v) is 11.2. The molecule has 4 aliphatic carbocycles. The number of hydrogen-bond acceptors (Lipinski definition) is 3. The SMILES string of the molecule is [2H]C1=C(c2cncc([2H])c2)[C@@]2(C)CCC3C(CC=C4C[C@@H](OC(C)=O)CC[C@@]43C)C2C1. The molecule has 0 aromatic carbocycles. The molecule has 3 heteroatoms. The van der Waals surface area contributed by atoms with E-state index in [1.807, 2.05) is 12.3 Å². The first-order valence-electron chi connectivity index (χ1n) is 12.2. The molecule has 4 aliphatic rings. The summed E-state index contributed by atoms with van der Waals surface area (Å²) in [5.74, 6) is 1.53. The van der Waals surface area contributed by atoms with E-state index >= 15 is 0 Å². The monoisotopic (exact) mass is 393 g/mol. The lowest BCUT2D eigenvalue weighted by Gasteiger charge is -2.57. The Morgan fingerprint density at radius 3 is 2.83 bits per heavy atom. The van der Waals surface area contributed by atoms with Crippen LogP contribution in [0.5, 0.6) is 0 Å². The van der Waals surface area contributed by atoms with Crippen molar-refractivity contribution in [3.8, 4) is 0 Å². The third kappa shape index (κ3) is 2.92. The molecule has 0 N–H and O–H groups in total. The molecule has 0 amide bonds. The summed E-state index contributed by atoms with van der Waals surface area (Å²) in [6.45, 7) is 6.32. The van der Waals surface area contributed by atoms with Crippen LogP contribution in [0.3, 0.4) is 0 Å². The van der Waals surface area contributed by atoms with Gasteiger partial charge in [0.1, 0.15) is 6.10 Å². The largest absolute Gasteiger partial charge is 0.462 e. The highest BCUT2D eigenvalue weighted by Crippen LogP contribution is 2.66. The Balaban J connectivity index is 1.44. The maximum absolute atomic E-state index is 11.5. The number of carbonyl (C=O) groups is 1. The summed E-state index contributed by atoms with van der Waals surface area (Å²) >= 11 is 0. The molecule has 3 nitrogen and oxygen atoms in total. The average Bonchev–Trinajstić information content (AvgIpc) is 2.98. The van der Waals surface area contributed by atoms with Crippen LogP contribution in [0.25, 0.3) is 5.57 Å². The summed E-state index contributed by atoms with van der Waals surface area (Å²) in [7, 11) is 0. The van der Waals surface area contributed by atoms with Gasteiger partial charge in [0.25, 0.3) is 0 Å². The summed E-state index contributed by atoms with van der Waals surface area (Å²) in [4.78, 5) is 15.7.